The summed E-state index contributed by atoms with van der Waals surface area (Å²) in [6.07, 6.45) is 14.7. The van der Waals surface area contributed by atoms with Gasteiger partial charge in [0, 0.05) is 0 Å². The molecular formula is C19H32N2Sn. The van der Waals surface area contributed by atoms with E-state index >= 15 is 0 Å². The number of nitrogens with zero attached hydrogens (tertiary/aromatic N) is 2. The predicted molar refractivity (Wildman–Crippen MR) is 99.7 cm³/mol. The monoisotopic (exact) mass is 408 g/mol. The quantitative estimate of drug-likeness (QED) is 0.483. The van der Waals surface area contributed by atoms with Crippen molar-refractivity contribution in [1.82, 2.24) is 9.38 Å². The maximum atomic E-state index is 4.41. The summed E-state index contributed by atoms with van der Waals surface area (Å²) in [6.45, 7) is 7.03. The van der Waals surface area contributed by atoms with E-state index in [2.05, 4.69) is 54.7 Å². The second-order valence-electron chi connectivity index (χ2n) is 6.70. The van der Waals surface area contributed by atoms with Crippen LogP contribution in [0.1, 0.15) is 59.3 Å². The van der Waals surface area contributed by atoms with E-state index < -0.39 is 18.4 Å². The molecule has 0 aliphatic rings. The number of unbranched alkanes of at least 4 members (excludes halogenated alkanes) is 3. The van der Waals surface area contributed by atoms with Crippen LogP contribution in [0.5, 0.6) is 0 Å². The Morgan fingerprint density at radius 2 is 1.50 bits per heavy atom. The summed E-state index contributed by atoms with van der Waals surface area (Å²) >= 11 is -2.26. The summed E-state index contributed by atoms with van der Waals surface area (Å²) in [6, 6.07) is 4.67. The molecule has 0 bridgehead atoms. The van der Waals surface area contributed by atoms with Crippen molar-refractivity contribution in [1.29, 1.82) is 0 Å². The summed E-state index contributed by atoms with van der Waals surface area (Å²) in [5, 5.41) is 0. The third kappa shape index (κ3) is 4.27. The standard InChI is InChI=1S/C7H5N2.3C4H9.Sn/c1-2-5-9-6-4-8-7(9)3-1;3*1-3-4-2;/h1,3-6H;3*1,3-4H2,2H3;. The molecule has 122 valence electrons. The van der Waals surface area contributed by atoms with Crippen molar-refractivity contribution in [2.45, 2.75) is 72.6 Å². The molecule has 0 saturated heterocycles. The molecule has 0 aromatic carbocycles. The first kappa shape index (κ1) is 17.8. The fourth-order valence-electron chi connectivity index (χ4n) is 3.59. The van der Waals surface area contributed by atoms with Crippen LogP contribution in [-0.4, -0.2) is 27.8 Å². The molecule has 0 aliphatic carbocycles. The molecule has 22 heavy (non-hydrogen) atoms. The molecule has 0 aliphatic heterocycles. The second-order valence-corrected chi connectivity index (χ2v) is 19.9. The molecule has 0 unspecified atom stereocenters. The van der Waals surface area contributed by atoms with Crippen LogP contribution in [0, 0.1) is 0 Å². The van der Waals surface area contributed by atoms with E-state index in [0.29, 0.717) is 0 Å². The number of fused-ring (bicyclic) bond motifs is 1. The van der Waals surface area contributed by atoms with Crippen molar-refractivity contribution in [3.8, 4) is 0 Å². The van der Waals surface area contributed by atoms with Crippen molar-refractivity contribution in [3.63, 3.8) is 0 Å². The molecule has 2 heterocycles. The first-order chi connectivity index (χ1) is 10.8. The molecule has 2 rings (SSSR count). The SMILES string of the molecule is CCC[CH2][Sn]([CH2]CCC)([CH2]CCC)[c]1ccc2nccn2c1. The van der Waals surface area contributed by atoms with Gasteiger partial charge in [0.2, 0.25) is 0 Å². The Kier molecular flexibility index (Phi) is 7.26. The number of rotatable bonds is 10. The molecule has 2 aromatic rings. The Morgan fingerprint density at radius 1 is 0.909 bits per heavy atom. The predicted octanol–water partition coefficient (Wildman–Crippen LogP) is 5.39. The third-order valence-electron chi connectivity index (χ3n) is 5.03. The fourth-order valence-corrected chi connectivity index (χ4v) is 19.4. The number of pyridine rings is 1. The zero-order chi connectivity index (χ0) is 15.8. The van der Waals surface area contributed by atoms with Crippen LogP contribution in [0.25, 0.3) is 5.65 Å². The van der Waals surface area contributed by atoms with Crippen molar-refractivity contribution >= 4 is 27.6 Å². The molecule has 0 spiro atoms. The van der Waals surface area contributed by atoms with Gasteiger partial charge in [0.1, 0.15) is 0 Å². The average molecular weight is 407 g/mol. The van der Waals surface area contributed by atoms with Gasteiger partial charge in [0.25, 0.3) is 0 Å². The summed E-state index contributed by atoms with van der Waals surface area (Å²) < 4.78 is 8.57. The minimum atomic E-state index is -2.26. The molecule has 0 atom stereocenters. The van der Waals surface area contributed by atoms with Gasteiger partial charge in [0.15, 0.2) is 0 Å². The van der Waals surface area contributed by atoms with E-state index in [1.54, 1.807) is 3.58 Å². The van der Waals surface area contributed by atoms with Crippen molar-refractivity contribution in [2.24, 2.45) is 0 Å². The molecule has 0 amide bonds. The average Bonchev–Trinajstić information content (AvgIpc) is 3.02. The maximum absolute atomic E-state index is 4.41. The van der Waals surface area contributed by atoms with E-state index in [1.165, 1.54) is 51.8 Å². The van der Waals surface area contributed by atoms with Gasteiger partial charge in [-0.3, -0.25) is 0 Å². The normalized spacial score (nSPS) is 12.1. The first-order valence-electron chi connectivity index (χ1n) is 9.19. The Balaban J connectivity index is 2.36. The van der Waals surface area contributed by atoms with E-state index in [0.717, 1.165) is 5.65 Å². The summed E-state index contributed by atoms with van der Waals surface area (Å²) in [5.74, 6) is 0. The summed E-state index contributed by atoms with van der Waals surface area (Å²) in [7, 11) is 0. The molecule has 0 radical (unpaired) electrons. The Morgan fingerprint density at radius 3 is 2.05 bits per heavy atom. The van der Waals surface area contributed by atoms with Crippen molar-refractivity contribution in [2.75, 3.05) is 0 Å². The topological polar surface area (TPSA) is 17.3 Å². The Bertz CT molecular complexity index is 540. The molecular weight excluding hydrogens is 375 g/mol. The van der Waals surface area contributed by atoms with Crippen LogP contribution in [-0.2, 0) is 0 Å². The number of aromatic nitrogens is 2. The van der Waals surface area contributed by atoms with Crippen LogP contribution in [0.15, 0.2) is 30.7 Å². The van der Waals surface area contributed by atoms with Gasteiger partial charge in [-0.05, 0) is 0 Å². The van der Waals surface area contributed by atoms with Crippen LogP contribution < -0.4 is 3.58 Å². The molecule has 2 aromatic heterocycles. The first-order valence-corrected chi connectivity index (χ1v) is 16.7. The van der Waals surface area contributed by atoms with Crippen LogP contribution >= 0.6 is 0 Å². The molecule has 0 N–H and O–H groups in total. The van der Waals surface area contributed by atoms with E-state index in [-0.39, 0.29) is 0 Å². The molecule has 2 nitrogen and oxygen atoms in total. The zero-order valence-corrected chi connectivity index (χ0v) is 17.5. The number of imidazole rings is 1. The van der Waals surface area contributed by atoms with Gasteiger partial charge in [-0.1, -0.05) is 0 Å². The van der Waals surface area contributed by atoms with Crippen LogP contribution in [0.2, 0.25) is 13.3 Å². The van der Waals surface area contributed by atoms with E-state index in [9.17, 15) is 0 Å². The minimum absolute atomic E-state index is 1.09. The Hall–Kier alpha value is -0.511. The van der Waals surface area contributed by atoms with Crippen LogP contribution in [0.4, 0.5) is 0 Å². The van der Waals surface area contributed by atoms with Gasteiger partial charge >= 0.3 is 140 Å². The summed E-state index contributed by atoms with van der Waals surface area (Å²) in [5.41, 5.74) is 1.09. The molecule has 3 heteroatoms. The van der Waals surface area contributed by atoms with Crippen LogP contribution in [0.3, 0.4) is 0 Å². The van der Waals surface area contributed by atoms with E-state index in [1.807, 2.05) is 6.20 Å². The van der Waals surface area contributed by atoms with Gasteiger partial charge in [0.05, 0.1) is 0 Å². The van der Waals surface area contributed by atoms with E-state index in [4.69, 9.17) is 0 Å². The van der Waals surface area contributed by atoms with Gasteiger partial charge < -0.3 is 0 Å². The number of hydrogen-bond acceptors (Lipinski definition) is 1. The third-order valence-corrected chi connectivity index (χ3v) is 20.6. The van der Waals surface area contributed by atoms with Gasteiger partial charge in [-0.15, -0.1) is 0 Å². The fraction of sp³-hybridized carbons (Fsp3) is 0.632. The second kappa shape index (κ2) is 8.95. The van der Waals surface area contributed by atoms with Crippen molar-refractivity contribution in [3.05, 3.63) is 30.7 Å². The number of hydrogen-bond donors (Lipinski definition) is 0. The van der Waals surface area contributed by atoms with Gasteiger partial charge in [-0.25, -0.2) is 0 Å². The van der Waals surface area contributed by atoms with Crippen molar-refractivity contribution < 1.29 is 0 Å². The zero-order valence-electron chi connectivity index (χ0n) is 14.6. The Labute approximate surface area is 140 Å². The summed E-state index contributed by atoms with van der Waals surface area (Å²) in [4.78, 5) is 4.41. The van der Waals surface area contributed by atoms with Gasteiger partial charge in [-0.2, -0.15) is 0 Å². The molecule has 0 fully saturated rings. The molecule has 0 saturated carbocycles.